The van der Waals surface area contributed by atoms with E-state index >= 15 is 0 Å². The Hall–Kier alpha value is -2.05. The Bertz CT molecular complexity index is 863. The van der Waals surface area contributed by atoms with E-state index in [0.717, 1.165) is 17.6 Å². The van der Waals surface area contributed by atoms with E-state index in [-0.39, 0.29) is 11.7 Å². The summed E-state index contributed by atoms with van der Waals surface area (Å²) in [6.45, 7) is 2.18. The first-order valence-corrected chi connectivity index (χ1v) is 9.53. The monoisotopic (exact) mass is 374 g/mol. The molecule has 25 heavy (non-hydrogen) atoms. The lowest BCUT2D eigenvalue weighted by atomic mass is 10.1. The van der Waals surface area contributed by atoms with Crippen molar-refractivity contribution in [1.29, 1.82) is 0 Å². The normalized spacial score (nSPS) is 11.0. The molecule has 0 fully saturated rings. The van der Waals surface area contributed by atoms with Gasteiger partial charge in [-0.2, -0.15) is 0 Å². The van der Waals surface area contributed by atoms with E-state index in [4.69, 9.17) is 11.6 Å². The Balaban J connectivity index is 1.53. The summed E-state index contributed by atoms with van der Waals surface area (Å²) < 4.78 is 0. The van der Waals surface area contributed by atoms with Gasteiger partial charge in [-0.1, -0.05) is 48.8 Å². The van der Waals surface area contributed by atoms with Gasteiger partial charge in [0.1, 0.15) is 0 Å². The molecule has 1 amide bonds. The molecule has 0 bridgehead atoms. The number of imidazole rings is 1. The van der Waals surface area contributed by atoms with Crippen LogP contribution >= 0.6 is 23.4 Å². The second-order valence-electron chi connectivity index (χ2n) is 5.70. The number of aromatic amines is 1. The van der Waals surface area contributed by atoms with Crippen LogP contribution in [-0.2, 0) is 11.2 Å². The SMILES string of the molecule is CCCCc1ccc(NC(=O)CSc2nc3ncc(Cl)cc3[nH]2)cc1. The molecular weight excluding hydrogens is 356 g/mol. The molecule has 0 saturated carbocycles. The summed E-state index contributed by atoms with van der Waals surface area (Å²) in [5.74, 6) is 0.197. The van der Waals surface area contributed by atoms with Crippen LogP contribution in [0.1, 0.15) is 25.3 Å². The molecule has 0 aliphatic carbocycles. The Morgan fingerprint density at radius 2 is 2.12 bits per heavy atom. The van der Waals surface area contributed by atoms with E-state index in [1.807, 2.05) is 12.1 Å². The van der Waals surface area contributed by atoms with E-state index in [1.54, 1.807) is 12.3 Å². The zero-order valence-corrected chi connectivity index (χ0v) is 15.5. The average molecular weight is 375 g/mol. The topological polar surface area (TPSA) is 70.7 Å². The smallest absolute Gasteiger partial charge is 0.234 e. The number of fused-ring (bicyclic) bond motifs is 1. The highest BCUT2D eigenvalue weighted by molar-refractivity contribution is 7.99. The maximum atomic E-state index is 12.1. The molecule has 2 aromatic heterocycles. The predicted octanol–water partition coefficient (Wildman–Crippen LogP) is 4.68. The quantitative estimate of drug-likeness (QED) is 0.589. The summed E-state index contributed by atoms with van der Waals surface area (Å²) in [5, 5.41) is 4.10. The van der Waals surface area contributed by atoms with E-state index in [2.05, 4.69) is 39.3 Å². The van der Waals surface area contributed by atoms with Crippen molar-refractivity contribution in [3.8, 4) is 0 Å². The molecule has 0 saturated heterocycles. The fourth-order valence-corrected chi connectivity index (χ4v) is 3.22. The number of carbonyl (C=O) groups excluding carboxylic acids is 1. The van der Waals surface area contributed by atoms with E-state index in [0.29, 0.717) is 15.8 Å². The summed E-state index contributed by atoms with van der Waals surface area (Å²) in [7, 11) is 0. The Morgan fingerprint density at radius 3 is 2.88 bits per heavy atom. The number of aromatic nitrogens is 3. The van der Waals surface area contributed by atoms with Crippen LogP contribution in [0.25, 0.3) is 11.2 Å². The average Bonchev–Trinajstić information content (AvgIpc) is 3.01. The highest BCUT2D eigenvalue weighted by atomic mass is 35.5. The van der Waals surface area contributed by atoms with Gasteiger partial charge >= 0.3 is 0 Å². The van der Waals surface area contributed by atoms with Gasteiger partial charge in [-0.25, -0.2) is 9.97 Å². The number of rotatable bonds is 7. The van der Waals surface area contributed by atoms with Gasteiger partial charge in [0.05, 0.1) is 16.3 Å². The number of nitrogens with one attached hydrogen (secondary N) is 2. The van der Waals surface area contributed by atoms with Gasteiger partial charge < -0.3 is 10.3 Å². The number of thioether (sulfide) groups is 1. The number of halogens is 1. The molecule has 0 aliphatic rings. The minimum Gasteiger partial charge on any atom is -0.331 e. The lowest BCUT2D eigenvalue weighted by Gasteiger charge is -2.06. The zero-order chi connectivity index (χ0) is 17.6. The van der Waals surface area contributed by atoms with Crippen LogP contribution in [0.2, 0.25) is 5.02 Å². The molecule has 7 heteroatoms. The molecule has 0 radical (unpaired) electrons. The zero-order valence-electron chi connectivity index (χ0n) is 13.9. The molecular formula is C18H19ClN4OS. The Morgan fingerprint density at radius 1 is 1.32 bits per heavy atom. The summed E-state index contributed by atoms with van der Waals surface area (Å²) in [6, 6.07) is 9.78. The van der Waals surface area contributed by atoms with E-state index in [9.17, 15) is 4.79 Å². The predicted molar refractivity (Wildman–Crippen MR) is 103 cm³/mol. The Labute approximate surface area is 155 Å². The minimum atomic E-state index is -0.0715. The van der Waals surface area contributed by atoms with Crippen LogP contribution < -0.4 is 5.32 Å². The molecule has 0 unspecified atom stereocenters. The van der Waals surface area contributed by atoms with Crippen molar-refractivity contribution in [1.82, 2.24) is 15.0 Å². The number of amides is 1. The van der Waals surface area contributed by atoms with Crippen LogP contribution in [0.3, 0.4) is 0 Å². The standard InChI is InChI=1S/C18H19ClN4OS/c1-2-3-4-12-5-7-14(8-6-12)21-16(24)11-25-18-22-15-9-13(19)10-20-17(15)23-18/h5-10H,2-4,11H2,1H3,(H,21,24)(H,20,22,23). The number of hydrogen-bond donors (Lipinski definition) is 2. The molecule has 3 aromatic rings. The van der Waals surface area contributed by atoms with Gasteiger partial charge in [-0.3, -0.25) is 4.79 Å². The maximum Gasteiger partial charge on any atom is 0.234 e. The van der Waals surface area contributed by atoms with E-state index < -0.39 is 0 Å². The molecule has 0 aliphatic heterocycles. The van der Waals surface area contributed by atoms with Crippen LogP contribution in [0.4, 0.5) is 5.69 Å². The third-order valence-electron chi connectivity index (χ3n) is 3.68. The van der Waals surface area contributed by atoms with Crippen LogP contribution in [0, 0.1) is 0 Å². The second-order valence-corrected chi connectivity index (χ2v) is 7.10. The molecule has 130 valence electrons. The first kappa shape index (κ1) is 17.8. The van der Waals surface area contributed by atoms with Crippen molar-refractivity contribution in [2.75, 3.05) is 11.1 Å². The highest BCUT2D eigenvalue weighted by Gasteiger charge is 2.08. The lowest BCUT2D eigenvalue weighted by molar-refractivity contribution is -0.113. The number of anilines is 1. The molecule has 2 heterocycles. The van der Waals surface area contributed by atoms with Crippen molar-refractivity contribution in [2.24, 2.45) is 0 Å². The molecule has 0 atom stereocenters. The molecule has 5 nitrogen and oxygen atoms in total. The lowest BCUT2D eigenvalue weighted by Crippen LogP contribution is -2.14. The number of carbonyl (C=O) groups is 1. The maximum absolute atomic E-state index is 12.1. The van der Waals surface area contributed by atoms with Gasteiger partial charge in [0.25, 0.3) is 0 Å². The van der Waals surface area contributed by atoms with Gasteiger partial charge in [0.2, 0.25) is 5.91 Å². The van der Waals surface area contributed by atoms with Crippen molar-refractivity contribution < 1.29 is 4.79 Å². The number of benzene rings is 1. The van der Waals surface area contributed by atoms with Crippen LogP contribution in [0.15, 0.2) is 41.7 Å². The minimum absolute atomic E-state index is 0.0715. The highest BCUT2D eigenvalue weighted by Crippen LogP contribution is 2.20. The van der Waals surface area contributed by atoms with E-state index in [1.165, 1.54) is 30.2 Å². The fourth-order valence-electron chi connectivity index (χ4n) is 2.39. The van der Waals surface area contributed by atoms with Crippen LogP contribution in [0.5, 0.6) is 0 Å². The van der Waals surface area contributed by atoms with Crippen LogP contribution in [-0.4, -0.2) is 26.6 Å². The summed E-state index contributed by atoms with van der Waals surface area (Å²) in [5.41, 5.74) is 3.46. The first-order chi connectivity index (χ1) is 12.1. The van der Waals surface area contributed by atoms with Crippen molar-refractivity contribution in [3.05, 3.63) is 47.1 Å². The molecule has 2 N–H and O–H groups in total. The fraction of sp³-hybridized carbons (Fsp3) is 0.278. The number of nitrogens with zero attached hydrogens (tertiary/aromatic N) is 2. The number of pyridine rings is 1. The summed E-state index contributed by atoms with van der Waals surface area (Å²) in [4.78, 5) is 23.7. The third-order valence-corrected chi connectivity index (χ3v) is 4.76. The molecule has 3 rings (SSSR count). The van der Waals surface area contributed by atoms with Gasteiger partial charge in [-0.05, 0) is 36.6 Å². The molecule has 1 aromatic carbocycles. The van der Waals surface area contributed by atoms with Gasteiger partial charge in [0, 0.05) is 11.9 Å². The van der Waals surface area contributed by atoms with Crippen molar-refractivity contribution >= 4 is 46.1 Å². The third kappa shape index (κ3) is 4.96. The molecule has 0 spiro atoms. The number of unbranched alkanes of at least 4 members (excludes halogenated alkanes) is 1. The van der Waals surface area contributed by atoms with Gasteiger partial charge in [0.15, 0.2) is 10.8 Å². The summed E-state index contributed by atoms with van der Waals surface area (Å²) >= 11 is 7.24. The number of hydrogen-bond acceptors (Lipinski definition) is 4. The first-order valence-electron chi connectivity index (χ1n) is 8.17. The number of H-pyrrole nitrogens is 1. The van der Waals surface area contributed by atoms with Crippen molar-refractivity contribution in [3.63, 3.8) is 0 Å². The second kappa shape index (κ2) is 8.36. The Kier molecular flexibility index (Phi) is 5.94. The summed E-state index contributed by atoms with van der Waals surface area (Å²) in [6.07, 6.45) is 4.99. The largest absolute Gasteiger partial charge is 0.331 e. The van der Waals surface area contributed by atoms with Crippen molar-refractivity contribution in [2.45, 2.75) is 31.3 Å². The number of aryl methyl sites for hydroxylation is 1. The van der Waals surface area contributed by atoms with Gasteiger partial charge in [-0.15, -0.1) is 0 Å².